The Hall–Kier alpha value is -1.50. The van der Waals surface area contributed by atoms with Gasteiger partial charge in [0.15, 0.2) is 0 Å². The Bertz CT molecular complexity index is 360. The zero-order valence-corrected chi connectivity index (χ0v) is 11.9. The molecular formula is C14H22O4. The van der Waals surface area contributed by atoms with Gasteiger partial charge in [0.25, 0.3) is 0 Å². The minimum atomic E-state index is -0.904. The van der Waals surface area contributed by atoms with Crippen molar-refractivity contribution < 1.29 is 19.8 Å². The Kier molecular flexibility index (Phi) is 4.98. The molecule has 0 rings (SSSR count). The first-order valence-corrected chi connectivity index (χ1v) is 5.91. The maximum absolute atomic E-state index is 11.0. The largest absolute Gasteiger partial charge is 0.481 e. The number of rotatable bonds is 4. The molecule has 0 aromatic rings. The second-order valence-electron chi connectivity index (χ2n) is 5.81. The van der Waals surface area contributed by atoms with Gasteiger partial charge in [0.1, 0.15) is 0 Å². The zero-order chi connectivity index (χ0) is 14.7. The van der Waals surface area contributed by atoms with Crippen LogP contribution in [0.4, 0.5) is 0 Å². The molecule has 0 radical (unpaired) electrons. The van der Waals surface area contributed by atoms with Gasteiger partial charge in [0, 0.05) is 10.8 Å². The van der Waals surface area contributed by atoms with E-state index in [9.17, 15) is 9.59 Å². The fourth-order valence-electron chi connectivity index (χ4n) is 1.16. The third-order valence-corrected chi connectivity index (χ3v) is 3.61. The Morgan fingerprint density at radius 2 is 1.06 bits per heavy atom. The Balaban J connectivity index is 5.17. The fraction of sp³-hybridized carbons (Fsp3) is 0.714. The van der Waals surface area contributed by atoms with Crippen LogP contribution in [0.3, 0.4) is 0 Å². The van der Waals surface area contributed by atoms with Crippen molar-refractivity contribution in [3.63, 3.8) is 0 Å². The standard InChI is InChI=1S/C14H22O4/c1-9(11(15)16)13(3,4)7-8-14(5,6)10(2)12(17)18/h9-10H,1-6H3,(H,15,16)(H,17,18). The van der Waals surface area contributed by atoms with Crippen LogP contribution in [0.15, 0.2) is 0 Å². The van der Waals surface area contributed by atoms with Crippen LogP contribution in [0.5, 0.6) is 0 Å². The van der Waals surface area contributed by atoms with Crippen LogP contribution in [-0.4, -0.2) is 22.2 Å². The Labute approximate surface area is 108 Å². The fourth-order valence-corrected chi connectivity index (χ4v) is 1.16. The van der Waals surface area contributed by atoms with Gasteiger partial charge in [0.2, 0.25) is 0 Å². The molecular weight excluding hydrogens is 232 g/mol. The van der Waals surface area contributed by atoms with Crippen LogP contribution < -0.4 is 0 Å². The van der Waals surface area contributed by atoms with Crippen LogP contribution in [0.1, 0.15) is 41.5 Å². The number of hydrogen-bond donors (Lipinski definition) is 2. The number of aliphatic carboxylic acids is 2. The number of hydrogen-bond acceptors (Lipinski definition) is 2. The zero-order valence-electron chi connectivity index (χ0n) is 11.9. The third kappa shape index (κ3) is 4.06. The third-order valence-electron chi connectivity index (χ3n) is 3.61. The normalized spacial score (nSPS) is 15.2. The summed E-state index contributed by atoms with van der Waals surface area (Å²) in [7, 11) is 0. The second kappa shape index (κ2) is 5.43. The minimum Gasteiger partial charge on any atom is -0.481 e. The predicted molar refractivity (Wildman–Crippen MR) is 68.9 cm³/mol. The van der Waals surface area contributed by atoms with E-state index in [1.807, 2.05) is 0 Å². The summed E-state index contributed by atoms with van der Waals surface area (Å²) in [5.74, 6) is 2.81. The van der Waals surface area contributed by atoms with Gasteiger partial charge in [-0.1, -0.05) is 25.7 Å². The molecule has 0 saturated heterocycles. The van der Waals surface area contributed by atoms with Gasteiger partial charge in [-0.3, -0.25) is 9.59 Å². The predicted octanol–water partition coefficient (Wildman–Crippen LogP) is 2.48. The van der Waals surface area contributed by atoms with E-state index in [0.29, 0.717) is 0 Å². The first-order chi connectivity index (χ1) is 7.92. The van der Waals surface area contributed by atoms with Crippen molar-refractivity contribution in [3.05, 3.63) is 0 Å². The van der Waals surface area contributed by atoms with Gasteiger partial charge >= 0.3 is 11.9 Å². The van der Waals surface area contributed by atoms with Crippen molar-refractivity contribution in [2.75, 3.05) is 0 Å². The van der Waals surface area contributed by atoms with E-state index in [-0.39, 0.29) is 0 Å². The SMILES string of the molecule is CC(C(=O)O)C(C)(C)C#CC(C)(C)C(C)C(=O)O. The molecule has 0 aliphatic heterocycles. The van der Waals surface area contributed by atoms with Gasteiger partial charge in [-0.2, -0.15) is 0 Å². The molecule has 0 saturated carbocycles. The van der Waals surface area contributed by atoms with E-state index >= 15 is 0 Å². The first kappa shape index (κ1) is 16.5. The van der Waals surface area contributed by atoms with E-state index in [1.165, 1.54) is 0 Å². The van der Waals surface area contributed by atoms with Crippen LogP contribution in [-0.2, 0) is 9.59 Å². The van der Waals surface area contributed by atoms with E-state index in [4.69, 9.17) is 10.2 Å². The molecule has 0 amide bonds. The monoisotopic (exact) mass is 254 g/mol. The molecule has 0 aliphatic rings. The lowest BCUT2D eigenvalue weighted by Gasteiger charge is -2.26. The Morgan fingerprint density at radius 1 is 0.833 bits per heavy atom. The van der Waals surface area contributed by atoms with Crippen molar-refractivity contribution >= 4 is 11.9 Å². The van der Waals surface area contributed by atoms with Crippen LogP contribution >= 0.6 is 0 Å². The number of carboxylic acids is 2. The Morgan fingerprint density at radius 3 is 1.22 bits per heavy atom. The summed E-state index contributed by atoms with van der Waals surface area (Å²) < 4.78 is 0. The van der Waals surface area contributed by atoms with Crippen LogP contribution in [0.25, 0.3) is 0 Å². The molecule has 2 unspecified atom stereocenters. The lowest BCUT2D eigenvalue weighted by molar-refractivity contribution is -0.145. The highest BCUT2D eigenvalue weighted by molar-refractivity contribution is 5.72. The smallest absolute Gasteiger partial charge is 0.307 e. The molecule has 4 nitrogen and oxygen atoms in total. The van der Waals surface area contributed by atoms with Crippen molar-refractivity contribution in [1.82, 2.24) is 0 Å². The van der Waals surface area contributed by atoms with Crippen molar-refractivity contribution in [1.29, 1.82) is 0 Å². The van der Waals surface area contributed by atoms with E-state index < -0.39 is 34.6 Å². The van der Waals surface area contributed by atoms with E-state index in [1.54, 1.807) is 41.5 Å². The summed E-state index contributed by atoms with van der Waals surface area (Å²) in [4.78, 5) is 21.9. The molecule has 102 valence electrons. The molecule has 0 aromatic heterocycles. The molecule has 2 N–H and O–H groups in total. The lowest BCUT2D eigenvalue weighted by atomic mass is 9.76. The molecule has 0 aliphatic carbocycles. The van der Waals surface area contributed by atoms with E-state index in [0.717, 1.165) is 0 Å². The van der Waals surface area contributed by atoms with Gasteiger partial charge in [0.05, 0.1) is 11.8 Å². The van der Waals surface area contributed by atoms with Gasteiger partial charge in [-0.15, -0.1) is 0 Å². The molecule has 4 heteroatoms. The molecule has 0 spiro atoms. The summed E-state index contributed by atoms with van der Waals surface area (Å²) in [6, 6.07) is 0. The van der Waals surface area contributed by atoms with Crippen molar-refractivity contribution in [2.24, 2.45) is 22.7 Å². The molecule has 0 heterocycles. The van der Waals surface area contributed by atoms with Gasteiger partial charge in [-0.05, 0) is 27.7 Å². The highest BCUT2D eigenvalue weighted by Crippen LogP contribution is 2.29. The van der Waals surface area contributed by atoms with Gasteiger partial charge < -0.3 is 10.2 Å². The topological polar surface area (TPSA) is 74.6 Å². The molecule has 18 heavy (non-hydrogen) atoms. The summed E-state index contributed by atoms with van der Waals surface area (Å²) >= 11 is 0. The average molecular weight is 254 g/mol. The summed E-state index contributed by atoms with van der Waals surface area (Å²) in [6.07, 6.45) is 0. The summed E-state index contributed by atoms with van der Waals surface area (Å²) in [5, 5.41) is 18.0. The lowest BCUT2D eigenvalue weighted by Crippen LogP contribution is -2.30. The molecule has 0 aromatic carbocycles. The minimum absolute atomic E-state index is 0.610. The maximum atomic E-state index is 11.0. The molecule has 0 fully saturated rings. The average Bonchev–Trinajstić information content (AvgIpc) is 2.24. The van der Waals surface area contributed by atoms with Crippen LogP contribution in [0, 0.1) is 34.5 Å². The number of carbonyl (C=O) groups is 2. The number of carboxylic acid groups (broad SMARTS) is 2. The highest BCUT2D eigenvalue weighted by atomic mass is 16.4. The quantitative estimate of drug-likeness (QED) is 0.756. The maximum Gasteiger partial charge on any atom is 0.307 e. The summed E-state index contributed by atoms with van der Waals surface area (Å²) in [5.41, 5.74) is -1.39. The molecule has 2 atom stereocenters. The molecule has 0 bridgehead atoms. The van der Waals surface area contributed by atoms with Crippen molar-refractivity contribution in [3.8, 4) is 11.8 Å². The van der Waals surface area contributed by atoms with E-state index in [2.05, 4.69) is 11.8 Å². The highest BCUT2D eigenvalue weighted by Gasteiger charge is 2.32. The van der Waals surface area contributed by atoms with Gasteiger partial charge in [-0.25, -0.2) is 0 Å². The summed E-state index contributed by atoms with van der Waals surface area (Å²) in [6.45, 7) is 10.2. The van der Waals surface area contributed by atoms with Crippen molar-refractivity contribution in [2.45, 2.75) is 41.5 Å². The second-order valence-corrected chi connectivity index (χ2v) is 5.81. The van der Waals surface area contributed by atoms with Crippen LogP contribution in [0.2, 0.25) is 0 Å². The first-order valence-electron chi connectivity index (χ1n) is 5.91.